The molecule has 0 aliphatic carbocycles. The summed E-state index contributed by atoms with van der Waals surface area (Å²) < 4.78 is 5.13. The van der Waals surface area contributed by atoms with Crippen molar-refractivity contribution in [2.75, 3.05) is 13.7 Å². The highest BCUT2D eigenvalue weighted by Gasteiger charge is 2.03. The van der Waals surface area contributed by atoms with Crippen LogP contribution >= 0.6 is 35.3 Å². The molecule has 6 nitrogen and oxygen atoms in total. The van der Waals surface area contributed by atoms with E-state index in [9.17, 15) is 0 Å². The number of halogens is 1. The van der Waals surface area contributed by atoms with Gasteiger partial charge in [0.05, 0.1) is 20.2 Å². The lowest BCUT2D eigenvalue weighted by Gasteiger charge is -2.10. The van der Waals surface area contributed by atoms with E-state index in [0.29, 0.717) is 19.0 Å². The number of thiazole rings is 1. The van der Waals surface area contributed by atoms with E-state index in [1.807, 2.05) is 25.3 Å². The van der Waals surface area contributed by atoms with Crippen LogP contribution in [-0.2, 0) is 19.5 Å². The van der Waals surface area contributed by atoms with E-state index < -0.39 is 0 Å². The zero-order valence-electron chi connectivity index (χ0n) is 14.2. The van der Waals surface area contributed by atoms with Gasteiger partial charge in [0.2, 0.25) is 5.88 Å². The molecule has 0 fully saturated rings. The number of hydrogen-bond acceptors (Lipinski definition) is 5. The smallest absolute Gasteiger partial charge is 0.213 e. The minimum atomic E-state index is 0. The number of methoxy groups -OCH3 is 1. The zero-order chi connectivity index (χ0) is 16.5. The van der Waals surface area contributed by atoms with Crippen LogP contribution in [0.3, 0.4) is 0 Å². The third kappa shape index (κ3) is 6.60. The third-order valence-electron chi connectivity index (χ3n) is 3.13. The summed E-state index contributed by atoms with van der Waals surface area (Å²) in [6.07, 6.45) is 4.69. The molecule has 0 radical (unpaired) electrons. The fourth-order valence-corrected chi connectivity index (χ4v) is 2.73. The van der Waals surface area contributed by atoms with E-state index in [1.54, 1.807) is 24.6 Å². The first-order valence-corrected chi connectivity index (χ1v) is 8.51. The number of aromatic nitrogens is 2. The Morgan fingerprint density at radius 2 is 2.12 bits per heavy atom. The summed E-state index contributed by atoms with van der Waals surface area (Å²) in [4.78, 5) is 14.4. The summed E-state index contributed by atoms with van der Waals surface area (Å²) >= 11 is 1.73. The largest absolute Gasteiger partial charge is 0.481 e. The molecule has 24 heavy (non-hydrogen) atoms. The van der Waals surface area contributed by atoms with Gasteiger partial charge in [-0.2, -0.15) is 0 Å². The molecule has 0 spiro atoms. The maximum Gasteiger partial charge on any atom is 0.213 e. The van der Waals surface area contributed by atoms with Crippen molar-refractivity contribution in [3.05, 3.63) is 40.0 Å². The van der Waals surface area contributed by atoms with Crippen molar-refractivity contribution in [2.24, 2.45) is 4.99 Å². The number of aliphatic imine (C=N–C) groups is 1. The Hall–Kier alpha value is -1.42. The van der Waals surface area contributed by atoms with Crippen LogP contribution in [0.5, 0.6) is 5.88 Å². The Labute approximate surface area is 164 Å². The molecule has 0 amide bonds. The van der Waals surface area contributed by atoms with Crippen molar-refractivity contribution in [3.63, 3.8) is 0 Å². The maximum absolute atomic E-state index is 5.13. The van der Waals surface area contributed by atoms with Crippen molar-refractivity contribution in [1.29, 1.82) is 0 Å². The molecule has 0 aliphatic rings. The summed E-state index contributed by atoms with van der Waals surface area (Å²) in [6.45, 7) is 6.23. The van der Waals surface area contributed by atoms with E-state index in [1.165, 1.54) is 4.88 Å². The molecule has 2 rings (SSSR count). The fourth-order valence-electron chi connectivity index (χ4n) is 1.93. The number of nitrogens with zero attached hydrogens (tertiary/aromatic N) is 3. The first-order chi connectivity index (χ1) is 11.2. The van der Waals surface area contributed by atoms with Gasteiger partial charge in [0, 0.05) is 29.9 Å². The fraction of sp³-hybridized carbons (Fsp3) is 0.438. The average molecular weight is 461 g/mol. The third-order valence-corrected chi connectivity index (χ3v) is 4.27. The summed E-state index contributed by atoms with van der Waals surface area (Å²) in [5, 5.41) is 7.62. The number of hydrogen-bond donors (Lipinski definition) is 2. The Kier molecular flexibility index (Phi) is 9.62. The van der Waals surface area contributed by atoms with Gasteiger partial charge in [0.15, 0.2) is 5.96 Å². The normalized spacial score (nSPS) is 10.9. The minimum Gasteiger partial charge on any atom is -0.481 e. The molecule has 132 valence electrons. The second-order valence-electron chi connectivity index (χ2n) is 4.83. The quantitative estimate of drug-likeness (QED) is 0.377. The topological polar surface area (TPSA) is 71.4 Å². The Morgan fingerprint density at radius 1 is 1.29 bits per heavy atom. The van der Waals surface area contributed by atoms with Crippen LogP contribution in [0.4, 0.5) is 0 Å². The van der Waals surface area contributed by atoms with Gasteiger partial charge in [-0.05, 0) is 25.0 Å². The second kappa shape index (κ2) is 11.2. The van der Waals surface area contributed by atoms with Crippen molar-refractivity contribution < 1.29 is 4.74 Å². The van der Waals surface area contributed by atoms with Crippen LogP contribution in [0.15, 0.2) is 29.5 Å². The predicted octanol–water partition coefficient (Wildman–Crippen LogP) is 2.98. The Bertz CT molecular complexity index is 647. The number of aryl methyl sites for hydroxylation is 1. The van der Waals surface area contributed by atoms with Crippen LogP contribution in [0.1, 0.15) is 29.3 Å². The molecule has 2 aromatic rings. The van der Waals surface area contributed by atoms with Gasteiger partial charge in [-0.1, -0.05) is 6.92 Å². The van der Waals surface area contributed by atoms with Crippen molar-refractivity contribution >= 4 is 41.3 Å². The highest BCUT2D eigenvalue weighted by Crippen LogP contribution is 2.13. The molecule has 2 heterocycles. The van der Waals surface area contributed by atoms with Crippen molar-refractivity contribution in [1.82, 2.24) is 20.6 Å². The van der Waals surface area contributed by atoms with Crippen molar-refractivity contribution in [2.45, 2.75) is 33.4 Å². The highest BCUT2D eigenvalue weighted by atomic mass is 127. The average Bonchev–Trinajstić information content (AvgIpc) is 3.05. The van der Waals surface area contributed by atoms with Gasteiger partial charge in [0.25, 0.3) is 0 Å². The van der Waals surface area contributed by atoms with E-state index >= 15 is 0 Å². The van der Waals surface area contributed by atoms with Gasteiger partial charge in [-0.25, -0.2) is 15.0 Å². The summed E-state index contributed by atoms with van der Waals surface area (Å²) in [5.41, 5.74) is 1.05. The molecule has 0 atom stereocenters. The van der Waals surface area contributed by atoms with Gasteiger partial charge in [0.1, 0.15) is 5.01 Å². The summed E-state index contributed by atoms with van der Waals surface area (Å²) in [5.74, 6) is 1.38. The van der Waals surface area contributed by atoms with E-state index in [4.69, 9.17) is 4.74 Å². The molecule has 2 aromatic heterocycles. The van der Waals surface area contributed by atoms with E-state index in [2.05, 4.69) is 32.5 Å². The molecule has 8 heteroatoms. The summed E-state index contributed by atoms with van der Waals surface area (Å²) in [6, 6.07) is 3.82. The summed E-state index contributed by atoms with van der Waals surface area (Å²) in [7, 11) is 1.61. The molecular weight excluding hydrogens is 437 g/mol. The first-order valence-electron chi connectivity index (χ1n) is 7.69. The number of pyridine rings is 1. The van der Waals surface area contributed by atoms with Crippen LogP contribution in [0.25, 0.3) is 0 Å². The van der Waals surface area contributed by atoms with Crippen LogP contribution < -0.4 is 15.4 Å². The van der Waals surface area contributed by atoms with E-state index in [0.717, 1.165) is 29.5 Å². The monoisotopic (exact) mass is 461 g/mol. The molecule has 2 N–H and O–H groups in total. The molecular formula is C16H24IN5OS. The molecule has 0 unspecified atom stereocenters. The van der Waals surface area contributed by atoms with Crippen molar-refractivity contribution in [3.8, 4) is 5.88 Å². The number of rotatable bonds is 7. The lowest BCUT2D eigenvalue weighted by molar-refractivity contribution is 0.397. The number of ether oxygens (including phenoxy) is 1. The SMILES string of the molecule is CCNC(=NCc1ccnc(OC)c1)NCc1ncc(CC)s1.I. The van der Waals surface area contributed by atoms with Crippen LogP contribution in [-0.4, -0.2) is 29.6 Å². The zero-order valence-corrected chi connectivity index (χ0v) is 17.4. The molecule has 0 bridgehead atoms. The molecule has 0 aromatic carbocycles. The standard InChI is InChI=1S/C16H23N5OS.HI/c1-4-13-10-19-15(23-13)11-21-16(17-5-2)20-9-12-6-7-18-14(8-12)22-3;/h6-8,10H,4-5,9,11H2,1-3H3,(H2,17,20,21);1H. The maximum atomic E-state index is 5.13. The lowest BCUT2D eigenvalue weighted by Crippen LogP contribution is -2.36. The minimum absolute atomic E-state index is 0. The van der Waals surface area contributed by atoms with Crippen LogP contribution in [0.2, 0.25) is 0 Å². The van der Waals surface area contributed by atoms with Gasteiger partial charge in [-0.3, -0.25) is 0 Å². The second-order valence-corrected chi connectivity index (χ2v) is 6.03. The molecule has 0 saturated carbocycles. The van der Waals surface area contributed by atoms with Gasteiger partial charge < -0.3 is 15.4 Å². The molecule has 0 aliphatic heterocycles. The van der Waals surface area contributed by atoms with E-state index in [-0.39, 0.29) is 24.0 Å². The van der Waals surface area contributed by atoms with Crippen LogP contribution in [0, 0.1) is 0 Å². The Morgan fingerprint density at radius 3 is 2.79 bits per heavy atom. The van der Waals surface area contributed by atoms with Gasteiger partial charge >= 0.3 is 0 Å². The number of guanidine groups is 1. The van der Waals surface area contributed by atoms with Gasteiger partial charge in [-0.15, -0.1) is 35.3 Å². The highest BCUT2D eigenvalue weighted by molar-refractivity contribution is 14.0. The number of nitrogens with one attached hydrogen (secondary N) is 2. The molecule has 0 saturated heterocycles. The predicted molar refractivity (Wildman–Crippen MR) is 109 cm³/mol. The lowest BCUT2D eigenvalue weighted by atomic mass is 10.3. The Balaban J connectivity index is 0.00000288. The first kappa shape index (κ1) is 20.6.